The van der Waals surface area contributed by atoms with Crippen LogP contribution in [0.5, 0.6) is 0 Å². The molecule has 0 aromatic carbocycles. The largest absolute Gasteiger partial charge is 0.393 e. The first kappa shape index (κ1) is 18.3. The van der Waals surface area contributed by atoms with Gasteiger partial charge in [-0.2, -0.15) is 0 Å². The Labute approximate surface area is 153 Å². The van der Waals surface area contributed by atoms with Gasteiger partial charge in [0, 0.05) is 6.42 Å². The minimum Gasteiger partial charge on any atom is -0.393 e. The fourth-order valence-electron chi connectivity index (χ4n) is 7.33. The molecule has 1 aliphatic heterocycles. The molecule has 3 aliphatic carbocycles. The SMILES string of the molecule is CCC1CC(CC)C2C3CC(CC3C(O)CCC3(C)OCCCO3)C12. The minimum absolute atomic E-state index is 0.167. The average Bonchev–Trinajstić information content (AvgIpc) is 3.30. The van der Waals surface area contributed by atoms with Crippen molar-refractivity contribution in [2.45, 2.75) is 84.0 Å². The van der Waals surface area contributed by atoms with E-state index in [0.29, 0.717) is 5.92 Å². The highest BCUT2D eigenvalue weighted by molar-refractivity contribution is 5.09. The van der Waals surface area contributed by atoms with Crippen LogP contribution in [0.15, 0.2) is 0 Å². The fraction of sp³-hybridized carbons (Fsp3) is 1.00. The molecule has 1 N–H and O–H groups in total. The Hall–Kier alpha value is -0.120. The zero-order valence-electron chi connectivity index (χ0n) is 16.5. The minimum atomic E-state index is -0.466. The van der Waals surface area contributed by atoms with Gasteiger partial charge in [0.05, 0.1) is 19.3 Å². The van der Waals surface area contributed by atoms with Crippen molar-refractivity contribution in [2.75, 3.05) is 13.2 Å². The molecule has 1 saturated heterocycles. The molecule has 3 nitrogen and oxygen atoms in total. The quantitative estimate of drug-likeness (QED) is 0.759. The van der Waals surface area contributed by atoms with E-state index < -0.39 is 5.79 Å². The van der Waals surface area contributed by atoms with E-state index in [1.165, 1.54) is 32.1 Å². The highest BCUT2D eigenvalue weighted by atomic mass is 16.7. The summed E-state index contributed by atoms with van der Waals surface area (Å²) < 4.78 is 11.7. The monoisotopic (exact) mass is 350 g/mol. The summed E-state index contributed by atoms with van der Waals surface area (Å²) in [6.45, 7) is 8.41. The lowest BCUT2D eigenvalue weighted by Gasteiger charge is -2.39. The zero-order chi connectivity index (χ0) is 17.6. The predicted molar refractivity (Wildman–Crippen MR) is 99.0 cm³/mol. The Bertz CT molecular complexity index is 458. The van der Waals surface area contributed by atoms with Crippen molar-refractivity contribution in [3.05, 3.63) is 0 Å². The molecule has 3 saturated carbocycles. The fourth-order valence-corrected chi connectivity index (χ4v) is 7.33. The van der Waals surface area contributed by atoms with Gasteiger partial charge in [0.2, 0.25) is 0 Å². The lowest BCUT2D eigenvalue weighted by molar-refractivity contribution is -0.261. The molecule has 25 heavy (non-hydrogen) atoms. The maximum atomic E-state index is 11.0. The molecule has 0 aromatic rings. The molecule has 8 unspecified atom stereocenters. The summed E-state index contributed by atoms with van der Waals surface area (Å²) in [7, 11) is 0. The zero-order valence-corrected chi connectivity index (χ0v) is 16.5. The molecule has 0 radical (unpaired) electrons. The Kier molecular flexibility index (Phi) is 5.20. The van der Waals surface area contributed by atoms with Gasteiger partial charge < -0.3 is 14.6 Å². The van der Waals surface area contributed by atoms with Crippen LogP contribution in [0.25, 0.3) is 0 Å². The molecule has 2 bridgehead atoms. The lowest BCUT2D eigenvalue weighted by Crippen LogP contribution is -2.40. The molecule has 0 spiro atoms. The molecule has 8 atom stereocenters. The maximum absolute atomic E-state index is 11.0. The Morgan fingerprint density at radius 2 is 1.68 bits per heavy atom. The van der Waals surface area contributed by atoms with Crippen molar-refractivity contribution in [1.29, 1.82) is 0 Å². The molecular weight excluding hydrogens is 312 g/mol. The molecule has 144 valence electrons. The number of hydrogen-bond donors (Lipinski definition) is 1. The molecule has 1 heterocycles. The number of aliphatic hydroxyl groups excluding tert-OH is 1. The average molecular weight is 351 g/mol. The second kappa shape index (κ2) is 7.13. The van der Waals surface area contributed by atoms with Crippen LogP contribution in [0.4, 0.5) is 0 Å². The van der Waals surface area contributed by atoms with Crippen molar-refractivity contribution in [1.82, 2.24) is 0 Å². The van der Waals surface area contributed by atoms with Crippen LogP contribution < -0.4 is 0 Å². The summed E-state index contributed by atoms with van der Waals surface area (Å²) in [5, 5.41) is 11.0. The normalized spacial score (nSPS) is 46.3. The maximum Gasteiger partial charge on any atom is 0.165 e. The Balaban J connectivity index is 1.38. The third kappa shape index (κ3) is 3.19. The summed E-state index contributed by atoms with van der Waals surface area (Å²) in [6.07, 6.45) is 9.31. The molecule has 4 fully saturated rings. The van der Waals surface area contributed by atoms with Gasteiger partial charge in [-0.3, -0.25) is 0 Å². The first-order valence-electron chi connectivity index (χ1n) is 11.0. The summed E-state index contributed by atoms with van der Waals surface area (Å²) in [5.41, 5.74) is 0. The molecular formula is C22H38O3. The van der Waals surface area contributed by atoms with Crippen LogP contribution in [-0.4, -0.2) is 30.2 Å². The predicted octanol–water partition coefficient (Wildman–Crippen LogP) is 4.63. The summed E-state index contributed by atoms with van der Waals surface area (Å²) in [4.78, 5) is 0. The first-order chi connectivity index (χ1) is 12.1. The number of fused-ring (bicyclic) bond motifs is 5. The summed E-state index contributed by atoms with van der Waals surface area (Å²) in [5.74, 6) is 5.52. The lowest BCUT2D eigenvalue weighted by atomic mass is 9.68. The van der Waals surface area contributed by atoms with Crippen molar-refractivity contribution in [3.8, 4) is 0 Å². The van der Waals surface area contributed by atoms with E-state index in [0.717, 1.165) is 68.0 Å². The topological polar surface area (TPSA) is 38.7 Å². The van der Waals surface area contributed by atoms with Gasteiger partial charge in [0.1, 0.15) is 0 Å². The van der Waals surface area contributed by atoms with Gasteiger partial charge in [0.25, 0.3) is 0 Å². The van der Waals surface area contributed by atoms with Gasteiger partial charge in [-0.15, -0.1) is 0 Å². The standard InChI is InChI=1S/C22H38O3/c1-4-14-11-15(5-2)21-18-13-16(20(14)21)12-17(18)19(23)7-8-22(3)24-9-6-10-25-22/h14-21,23H,4-13H2,1-3H3. The van der Waals surface area contributed by atoms with E-state index in [9.17, 15) is 5.11 Å². The van der Waals surface area contributed by atoms with E-state index >= 15 is 0 Å². The molecule has 3 heteroatoms. The smallest absolute Gasteiger partial charge is 0.165 e. The van der Waals surface area contributed by atoms with Crippen molar-refractivity contribution in [2.24, 2.45) is 41.4 Å². The van der Waals surface area contributed by atoms with Crippen molar-refractivity contribution >= 4 is 0 Å². The van der Waals surface area contributed by atoms with Crippen LogP contribution in [0.3, 0.4) is 0 Å². The van der Waals surface area contributed by atoms with Crippen LogP contribution in [0, 0.1) is 41.4 Å². The van der Waals surface area contributed by atoms with Crippen molar-refractivity contribution < 1.29 is 14.6 Å². The summed E-state index contributed by atoms with van der Waals surface area (Å²) >= 11 is 0. The number of aliphatic hydroxyl groups is 1. The molecule has 0 amide bonds. The van der Waals surface area contributed by atoms with Crippen LogP contribution in [-0.2, 0) is 9.47 Å². The second-order valence-electron chi connectivity index (χ2n) is 9.58. The van der Waals surface area contributed by atoms with E-state index in [2.05, 4.69) is 13.8 Å². The van der Waals surface area contributed by atoms with Crippen LogP contribution in [0.2, 0.25) is 0 Å². The third-order valence-corrected chi connectivity index (χ3v) is 8.42. The molecule has 4 aliphatic rings. The van der Waals surface area contributed by atoms with Gasteiger partial charge in [-0.05, 0) is 80.5 Å². The Morgan fingerprint density at radius 1 is 1.00 bits per heavy atom. The van der Waals surface area contributed by atoms with Gasteiger partial charge in [-0.25, -0.2) is 0 Å². The highest BCUT2D eigenvalue weighted by Gasteiger charge is 2.60. The van der Waals surface area contributed by atoms with E-state index in [4.69, 9.17) is 9.47 Å². The summed E-state index contributed by atoms with van der Waals surface area (Å²) in [6, 6.07) is 0. The van der Waals surface area contributed by atoms with E-state index in [-0.39, 0.29) is 6.10 Å². The van der Waals surface area contributed by atoms with Gasteiger partial charge >= 0.3 is 0 Å². The third-order valence-electron chi connectivity index (χ3n) is 8.42. The van der Waals surface area contributed by atoms with Crippen LogP contribution >= 0.6 is 0 Å². The van der Waals surface area contributed by atoms with E-state index in [1.54, 1.807) is 0 Å². The number of hydrogen-bond acceptors (Lipinski definition) is 3. The number of rotatable bonds is 6. The van der Waals surface area contributed by atoms with E-state index in [1.807, 2.05) is 6.92 Å². The number of ether oxygens (including phenoxy) is 2. The first-order valence-corrected chi connectivity index (χ1v) is 11.0. The molecule has 4 rings (SSSR count). The van der Waals surface area contributed by atoms with Crippen molar-refractivity contribution in [3.63, 3.8) is 0 Å². The molecule has 0 aromatic heterocycles. The van der Waals surface area contributed by atoms with Crippen LogP contribution in [0.1, 0.15) is 72.1 Å². The van der Waals surface area contributed by atoms with Gasteiger partial charge in [-0.1, -0.05) is 26.7 Å². The van der Waals surface area contributed by atoms with Gasteiger partial charge in [0.15, 0.2) is 5.79 Å². The second-order valence-corrected chi connectivity index (χ2v) is 9.58. The highest BCUT2D eigenvalue weighted by Crippen LogP contribution is 2.66. The Morgan fingerprint density at radius 3 is 2.36 bits per heavy atom.